The van der Waals surface area contributed by atoms with E-state index in [-0.39, 0.29) is 0 Å². The minimum absolute atomic E-state index is 0.689. The van der Waals surface area contributed by atoms with E-state index in [4.69, 9.17) is 4.98 Å². The van der Waals surface area contributed by atoms with Crippen LogP contribution in [0.1, 0.15) is 12.1 Å². The van der Waals surface area contributed by atoms with E-state index in [1.165, 1.54) is 0 Å². The Morgan fingerprint density at radius 1 is 0.966 bits per heavy atom. The first-order chi connectivity index (χ1) is 14.3. The fourth-order valence-electron chi connectivity index (χ4n) is 3.67. The van der Waals surface area contributed by atoms with Crippen molar-refractivity contribution in [3.63, 3.8) is 0 Å². The molecule has 0 spiro atoms. The van der Waals surface area contributed by atoms with Gasteiger partial charge in [0.15, 0.2) is 0 Å². The van der Waals surface area contributed by atoms with Crippen molar-refractivity contribution >= 4 is 16.7 Å². The molecule has 0 aromatic carbocycles. The second-order valence-corrected chi connectivity index (χ2v) is 7.22. The predicted molar refractivity (Wildman–Crippen MR) is 113 cm³/mol. The maximum absolute atomic E-state index is 4.85. The van der Waals surface area contributed by atoms with Gasteiger partial charge in [0.05, 0.1) is 34.3 Å². The van der Waals surface area contributed by atoms with Gasteiger partial charge in [-0.15, -0.1) is 5.10 Å². The zero-order valence-electron chi connectivity index (χ0n) is 16.3. The Kier molecular flexibility index (Phi) is 4.61. The Hall–Kier alpha value is -3.39. The molecule has 0 radical (unpaired) electrons. The number of aromatic amines is 1. The molecule has 0 atom stereocenters. The van der Waals surface area contributed by atoms with Crippen molar-refractivity contribution in [2.75, 3.05) is 31.1 Å². The van der Waals surface area contributed by atoms with E-state index in [0.717, 1.165) is 72.1 Å². The standard InChI is InChI=1S/C21H22N8/c1-14-4-2-5-17(24-14)20-21(27-28-26-20)18-7-6-16-19(25-18)12-15(13-23-16)29-10-3-8-22-9-11-29/h2,4-7,12-13,22H,3,8-11H2,1H3,(H,26,27,28). The fourth-order valence-corrected chi connectivity index (χ4v) is 3.67. The summed E-state index contributed by atoms with van der Waals surface area (Å²) in [7, 11) is 0. The molecule has 1 fully saturated rings. The third-order valence-electron chi connectivity index (χ3n) is 5.16. The van der Waals surface area contributed by atoms with Crippen LogP contribution >= 0.6 is 0 Å². The first kappa shape index (κ1) is 17.7. The summed E-state index contributed by atoms with van der Waals surface area (Å²) >= 11 is 0. The maximum Gasteiger partial charge on any atom is 0.140 e. The predicted octanol–water partition coefficient (Wildman–Crippen LogP) is 2.59. The van der Waals surface area contributed by atoms with Crippen molar-refractivity contribution < 1.29 is 0 Å². The lowest BCUT2D eigenvalue weighted by molar-refractivity contribution is 0.724. The first-order valence-corrected chi connectivity index (χ1v) is 9.86. The summed E-state index contributed by atoms with van der Waals surface area (Å²) in [5, 5.41) is 14.7. The zero-order chi connectivity index (χ0) is 19.6. The monoisotopic (exact) mass is 386 g/mol. The molecule has 0 unspecified atom stereocenters. The molecular weight excluding hydrogens is 364 g/mol. The lowest BCUT2D eigenvalue weighted by Gasteiger charge is -2.22. The van der Waals surface area contributed by atoms with Crippen LogP contribution in [0.3, 0.4) is 0 Å². The molecule has 8 nitrogen and oxygen atoms in total. The SMILES string of the molecule is Cc1cccc(-c2[nH]nnc2-c2ccc3ncc(N4CCCNCC4)cc3n2)n1. The molecule has 0 bridgehead atoms. The number of hydrogen-bond donors (Lipinski definition) is 2. The summed E-state index contributed by atoms with van der Waals surface area (Å²) in [6.07, 6.45) is 3.06. The van der Waals surface area contributed by atoms with Gasteiger partial charge >= 0.3 is 0 Å². The van der Waals surface area contributed by atoms with Crippen molar-refractivity contribution in [3.8, 4) is 22.8 Å². The minimum Gasteiger partial charge on any atom is -0.369 e. The summed E-state index contributed by atoms with van der Waals surface area (Å²) < 4.78 is 0. The number of nitrogens with zero attached hydrogens (tertiary/aromatic N) is 6. The van der Waals surface area contributed by atoms with Crippen molar-refractivity contribution in [2.24, 2.45) is 0 Å². The molecule has 2 N–H and O–H groups in total. The normalized spacial score (nSPS) is 14.9. The second kappa shape index (κ2) is 7.56. The van der Waals surface area contributed by atoms with E-state index < -0.39 is 0 Å². The van der Waals surface area contributed by atoms with Crippen LogP contribution in [-0.2, 0) is 0 Å². The number of anilines is 1. The summed E-state index contributed by atoms with van der Waals surface area (Å²) in [5.74, 6) is 0. The summed E-state index contributed by atoms with van der Waals surface area (Å²) in [6, 6.07) is 11.9. The van der Waals surface area contributed by atoms with Gasteiger partial charge in [-0.1, -0.05) is 11.3 Å². The Balaban J connectivity index is 1.54. The fraction of sp³-hybridized carbons (Fsp3) is 0.286. The van der Waals surface area contributed by atoms with Gasteiger partial charge in [-0.05, 0) is 50.2 Å². The number of pyridine rings is 3. The first-order valence-electron chi connectivity index (χ1n) is 9.86. The Morgan fingerprint density at radius 2 is 1.93 bits per heavy atom. The average molecular weight is 386 g/mol. The van der Waals surface area contributed by atoms with Gasteiger partial charge in [-0.2, -0.15) is 0 Å². The Bertz CT molecular complexity index is 1140. The number of hydrogen-bond acceptors (Lipinski definition) is 7. The van der Waals surface area contributed by atoms with Crippen molar-refractivity contribution in [2.45, 2.75) is 13.3 Å². The zero-order valence-corrected chi connectivity index (χ0v) is 16.3. The van der Waals surface area contributed by atoms with Gasteiger partial charge < -0.3 is 10.2 Å². The van der Waals surface area contributed by atoms with Crippen LogP contribution in [0.5, 0.6) is 0 Å². The van der Waals surface area contributed by atoms with E-state index in [0.29, 0.717) is 5.69 Å². The van der Waals surface area contributed by atoms with Gasteiger partial charge in [0.25, 0.3) is 0 Å². The van der Waals surface area contributed by atoms with Crippen LogP contribution in [0.15, 0.2) is 42.6 Å². The van der Waals surface area contributed by atoms with Gasteiger partial charge in [0.2, 0.25) is 0 Å². The number of aryl methyl sites for hydroxylation is 1. The summed E-state index contributed by atoms with van der Waals surface area (Å²) in [5.41, 5.74) is 6.77. The summed E-state index contributed by atoms with van der Waals surface area (Å²) in [4.78, 5) is 16.4. The molecule has 4 aromatic rings. The number of H-pyrrole nitrogens is 1. The molecule has 29 heavy (non-hydrogen) atoms. The van der Waals surface area contributed by atoms with Gasteiger partial charge in [-0.3, -0.25) is 15.1 Å². The van der Waals surface area contributed by atoms with Gasteiger partial charge in [-0.25, -0.2) is 4.98 Å². The van der Waals surface area contributed by atoms with E-state index in [1.807, 2.05) is 43.5 Å². The number of fused-ring (bicyclic) bond motifs is 1. The highest BCUT2D eigenvalue weighted by Crippen LogP contribution is 2.28. The highest BCUT2D eigenvalue weighted by Gasteiger charge is 2.16. The molecule has 5 heterocycles. The maximum atomic E-state index is 4.85. The third-order valence-corrected chi connectivity index (χ3v) is 5.16. The van der Waals surface area contributed by atoms with Crippen LogP contribution in [-0.4, -0.2) is 56.5 Å². The minimum atomic E-state index is 0.689. The molecule has 1 aliphatic heterocycles. The van der Waals surface area contributed by atoms with Crippen molar-refractivity contribution in [1.82, 2.24) is 35.7 Å². The average Bonchev–Trinajstić information content (AvgIpc) is 3.08. The number of aromatic nitrogens is 6. The number of rotatable bonds is 3. The van der Waals surface area contributed by atoms with Gasteiger partial charge in [0.1, 0.15) is 11.4 Å². The number of nitrogens with one attached hydrogen (secondary N) is 2. The lowest BCUT2D eigenvalue weighted by Crippen LogP contribution is -2.27. The molecule has 0 saturated carbocycles. The molecule has 5 rings (SSSR count). The largest absolute Gasteiger partial charge is 0.369 e. The molecule has 1 saturated heterocycles. The molecule has 146 valence electrons. The second-order valence-electron chi connectivity index (χ2n) is 7.22. The van der Waals surface area contributed by atoms with E-state index in [9.17, 15) is 0 Å². The molecule has 4 aromatic heterocycles. The Labute approximate surface area is 168 Å². The van der Waals surface area contributed by atoms with E-state index in [2.05, 4.69) is 41.7 Å². The molecule has 1 aliphatic rings. The van der Waals surface area contributed by atoms with Gasteiger partial charge in [0, 0.05) is 25.3 Å². The smallest absolute Gasteiger partial charge is 0.140 e. The molecular formula is C21H22N8. The topological polar surface area (TPSA) is 95.5 Å². The lowest BCUT2D eigenvalue weighted by atomic mass is 10.1. The van der Waals surface area contributed by atoms with Crippen molar-refractivity contribution in [1.29, 1.82) is 0 Å². The van der Waals surface area contributed by atoms with Crippen LogP contribution in [0, 0.1) is 6.92 Å². The van der Waals surface area contributed by atoms with Crippen LogP contribution in [0.4, 0.5) is 5.69 Å². The van der Waals surface area contributed by atoms with E-state index >= 15 is 0 Å². The highest BCUT2D eigenvalue weighted by atomic mass is 15.3. The van der Waals surface area contributed by atoms with Crippen LogP contribution in [0.2, 0.25) is 0 Å². The Morgan fingerprint density at radius 3 is 2.86 bits per heavy atom. The highest BCUT2D eigenvalue weighted by molar-refractivity contribution is 5.82. The molecule has 0 aliphatic carbocycles. The van der Waals surface area contributed by atoms with Crippen LogP contribution in [0.25, 0.3) is 33.8 Å². The molecule has 8 heteroatoms. The third kappa shape index (κ3) is 3.54. The van der Waals surface area contributed by atoms with Crippen molar-refractivity contribution in [3.05, 3.63) is 48.3 Å². The summed E-state index contributed by atoms with van der Waals surface area (Å²) in [6.45, 7) is 6.00. The van der Waals surface area contributed by atoms with Crippen LogP contribution < -0.4 is 10.2 Å². The van der Waals surface area contributed by atoms with E-state index in [1.54, 1.807) is 0 Å². The quantitative estimate of drug-likeness (QED) is 0.559. The molecule has 0 amide bonds.